The van der Waals surface area contributed by atoms with Crippen LogP contribution in [0.2, 0.25) is 0 Å². The van der Waals surface area contributed by atoms with Crippen molar-refractivity contribution in [2.24, 2.45) is 0 Å². The Morgan fingerprint density at radius 2 is 1.74 bits per heavy atom. The number of hydrogen-bond donors (Lipinski definition) is 0. The first-order valence-corrected chi connectivity index (χ1v) is 6.91. The summed E-state index contributed by atoms with van der Waals surface area (Å²) in [5.74, 6) is 0.601. The number of anilines is 1. The summed E-state index contributed by atoms with van der Waals surface area (Å²) < 4.78 is 0. The van der Waals surface area contributed by atoms with Crippen LogP contribution in [0.4, 0.5) is 5.69 Å². The maximum absolute atomic E-state index is 12.5. The summed E-state index contributed by atoms with van der Waals surface area (Å²) in [4.78, 5) is 14.4. The summed E-state index contributed by atoms with van der Waals surface area (Å²) in [5, 5.41) is 2.36. The van der Waals surface area contributed by atoms with Gasteiger partial charge >= 0.3 is 0 Å². The molecule has 2 aromatic rings. The number of rotatable bonds is 2. The van der Waals surface area contributed by atoms with Crippen molar-refractivity contribution in [3.8, 4) is 0 Å². The predicted molar refractivity (Wildman–Crippen MR) is 80.0 cm³/mol. The molecule has 0 saturated heterocycles. The minimum Gasteiger partial charge on any atom is -0.305 e. The standard InChI is InChI=1S/C17H19NO/c1-10(2)12-8-9-15-16-13(12)6-5-7-14(16)17(19)18(15)11(3)4/h5-11H,1-4H3. The molecule has 1 aliphatic rings. The Morgan fingerprint density at radius 3 is 2.37 bits per heavy atom. The van der Waals surface area contributed by atoms with Gasteiger partial charge < -0.3 is 4.90 Å². The number of amides is 1. The number of nitrogens with zero attached hydrogens (tertiary/aromatic N) is 1. The minimum atomic E-state index is 0.136. The van der Waals surface area contributed by atoms with E-state index >= 15 is 0 Å². The van der Waals surface area contributed by atoms with Crippen LogP contribution in [-0.4, -0.2) is 11.9 Å². The maximum atomic E-state index is 12.5. The van der Waals surface area contributed by atoms with Gasteiger partial charge in [-0.2, -0.15) is 0 Å². The van der Waals surface area contributed by atoms with Crippen LogP contribution in [0.5, 0.6) is 0 Å². The van der Waals surface area contributed by atoms with Gasteiger partial charge in [0.1, 0.15) is 0 Å². The Balaban J connectivity index is 2.38. The molecule has 0 N–H and O–H groups in total. The van der Waals surface area contributed by atoms with Crippen LogP contribution in [-0.2, 0) is 0 Å². The Bertz CT molecular complexity index is 670. The Kier molecular flexibility index (Phi) is 2.63. The zero-order valence-corrected chi connectivity index (χ0v) is 11.9. The van der Waals surface area contributed by atoms with Gasteiger partial charge in [0, 0.05) is 17.0 Å². The number of carbonyl (C=O) groups is 1. The van der Waals surface area contributed by atoms with Crippen LogP contribution < -0.4 is 4.90 Å². The normalized spacial score (nSPS) is 14.2. The van der Waals surface area contributed by atoms with E-state index in [4.69, 9.17) is 0 Å². The van der Waals surface area contributed by atoms with E-state index in [1.807, 2.05) is 17.0 Å². The van der Waals surface area contributed by atoms with E-state index in [0.717, 1.165) is 16.6 Å². The van der Waals surface area contributed by atoms with Crippen LogP contribution >= 0.6 is 0 Å². The predicted octanol–water partition coefficient (Wildman–Crippen LogP) is 4.33. The Labute approximate surface area is 114 Å². The van der Waals surface area contributed by atoms with Gasteiger partial charge in [0.05, 0.1) is 5.69 Å². The van der Waals surface area contributed by atoms with Gasteiger partial charge in [0.2, 0.25) is 0 Å². The molecular formula is C17H19NO. The van der Waals surface area contributed by atoms with Crippen LogP contribution in [0.1, 0.15) is 49.5 Å². The molecule has 0 atom stereocenters. The molecule has 98 valence electrons. The van der Waals surface area contributed by atoms with Gasteiger partial charge in [-0.3, -0.25) is 4.79 Å². The molecule has 3 rings (SSSR count). The van der Waals surface area contributed by atoms with Gasteiger partial charge in [-0.15, -0.1) is 0 Å². The van der Waals surface area contributed by atoms with E-state index in [2.05, 4.69) is 45.9 Å². The molecule has 0 aliphatic carbocycles. The monoisotopic (exact) mass is 253 g/mol. The van der Waals surface area contributed by atoms with Crippen molar-refractivity contribution < 1.29 is 4.79 Å². The topological polar surface area (TPSA) is 20.3 Å². The van der Waals surface area contributed by atoms with Crippen molar-refractivity contribution in [3.63, 3.8) is 0 Å². The molecule has 2 aromatic carbocycles. The van der Waals surface area contributed by atoms with Crippen LogP contribution in [0.15, 0.2) is 30.3 Å². The SMILES string of the molecule is CC(C)c1ccc2c3c(cccc13)C(=O)N2C(C)C. The van der Waals surface area contributed by atoms with Crippen molar-refractivity contribution in [1.82, 2.24) is 0 Å². The van der Waals surface area contributed by atoms with Gasteiger partial charge in [-0.25, -0.2) is 0 Å². The zero-order valence-electron chi connectivity index (χ0n) is 11.9. The van der Waals surface area contributed by atoms with E-state index in [0.29, 0.717) is 5.92 Å². The molecule has 2 nitrogen and oxygen atoms in total. The molecule has 1 aliphatic heterocycles. The summed E-state index contributed by atoms with van der Waals surface area (Å²) in [6.45, 7) is 8.51. The molecule has 0 bridgehead atoms. The summed E-state index contributed by atoms with van der Waals surface area (Å²) in [6.07, 6.45) is 0. The highest BCUT2D eigenvalue weighted by Crippen LogP contribution is 2.41. The summed E-state index contributed by atoms with van der Waals surface area (Å²) in [5.41, 5.74) is 3.23. The first-order valence-electron chi connectivity index (χ1n) is 6.91. The van der Waals surface area contributed by atoms with Gasteiger partial charge in [-0.1, -0.05) is 32.0 Å². The summed E-state index contributed by atoms with van der Waals surface area (Å²) in [7, 11) is 0. The van der Waals surface area contributed by atoms with Crippen molar-refractivity contribution in [2.75, 3.05) is 4.90 Å². The van der Waals surface area contributed by atoms with Gasteiger partial charge in [-0.05, 0) is 42.8 Å². The molecule has 0 spiro atoms. The quantitative estimate of drug-likeness (QED) is 0.780. The lowest BCUT2D eigenvalue weighted by atomic mass is 9.94. The second-order valence-corrected chi connectivity index (χ2v) is 5.83. The highest BCUT2D eigenvalue weighted by molar-refractivity contribution is 6.25. The molecule has 0 saturated carbocycles. The number of hydrogen-bond acceptors (Lipinski definition) is 1. The Hall–Kier alpha value is -1.83. The van der Waals surface area contributed by atoms with Crippen molar-refractivity contribution in [1.29, 1.82) is 0 Å². The summed E-state index contributed by atoms with van der Waals surface area (Å²) in [6, 6.07) is 10.5. The highest BCUT2D eigenvalue weighted by atomic mass is 16.2. The van der Waals surface area contributed by atoms with E-state index in [1.54, 1.807) is 0 Å². The average Bonchev–Trinajstić information content (AvgIpc) is 2.65. The fourth-order valence-corrected chi connectivity index (χ4v) is 3.04. The molecule has 0 aromatic heterocycles. The van der Waals surface area contributed by atoms with Gasteiger partial charge in [0.25, 0.3) is 5.91 Å². The van der Waals surface area contributed by atoms with Crippen LogP contribution in [0, 0.1) is 0 Å². The molecular weight excluding hydrogens is 234 g/mol. The van der Waals surface area contributed by atoms with E-state index in [9.17, 15) is 4.79 Å². The third-order valence-electron chi connectivity index (χ3n) is 3.90. The fourth-order valence-electron chi connectivity index (χ4n) is 3.04. The third kappa shape index (κ3) is 1.59. The lowest BCUT2D eigenvalue weighted by Gasteiger charge is -2.22. The second kappa shape index (κ2) is 4.09. The molecule has 2 heteroatoms. The van der Waals surface area contributed by atoms with E-state index in [1.165, 1.54) is 10.9 Å². The second-order valence-electron chi connectivity index (χ2n) is 5.83. The van der Waals surface area contributed by atoms with E-state index < -0.39 is 0 Å². The molecule has 0 radical (unpaired) electrons. The number of benzene rings is 2. The first kappa shape index (κ1) is 12.2. The van der Waals surface area contributed by atoms with Crippen LogP contribution in [0.3, 0.4) is 0 Å². The van der Waals surface area contributed by atoms with Crippen molar-refractivity contribution in [3.05, 3.63) is 41.5 Å². The smallest absolute Gasteiger partial charge is 0.259 e. The average molecular weight is 253 g/mol. The molecule has 19 heavy (non-hydrogen) atoms. The van der Waals surface area contributed by atoms with Crippen LogP contribution in [0.25, 0.3) is 10.8 Å². The van der Waals surface area contributed by atoms with E-state index in [-0.39, 0.29) is 11.9 Å². The van der Waals surface area contributed by atoms with Crippen molar-refractivity contribution >= 4 is 22.4 Å². The highest BCUT2D eigenvalue weighted by Gasteiger charge is 2.31. The maximum Gasteiger partial charge on any atom is 0.259 e. The minimum absolute atomic E-state index is 0.136. The lowest BCUT2D eigenvalue weighted by molar-refractivity contribution is 0.0987. The van der Waals surface area contributed by atoms with Gasteiger partial charge in [0.15, 0.2) is 0 Å². The molecule has 0 unspecified atom stereocenters. The first-order chi connectivity index (χ1) is 9.02. The largest absolute Gasteiger partial charge is 0.305 e. The third-order valence-corrected chi connectivity index (χ3v) is 3.90. The number of carbonyl (C=O) groups excluding carboxylic acids is 1. The summed E-state index contributed by atoms with van der Waals surface area (Å²) >= 11 is 0. The molecule has 1 amide bonds. The zero-order chi connectivity index (χ0) is 13.7. The van der Waals surface area contributed by atoms with Crippen molar-refractivity contribution in [2.45, 2.75) is 39.7 Å². The lowest BCUT2D eigenvalue weighted by Crippen LogP contribution is -2.33. The Morgan fingerprint density at radius 1 is 1.00 bits per heavy atom. The molecule has 0 fully saturated rings. The molecule has 1 heterocycles. The fraction of sp³-hybridized carbons (Fsp3) is 0.353.